The van der Waals surface area contributed by atoms with E-state index in [4.69, 9.17) is 10.5 Å². The summed E-state index contributed by atoms with van der Waals surface area (Å²) in [6.07, 6.45) is 0.949. The van der Waals surface area contributed by atoms with Crippen LogP contribution in [0.2, 0.25) is 0 Å². The van der Waals surface area contributed by atoms with Gasteiger partial charge >= 0.3 is 0 Å². The summed E-state index contributed by atoms with van der Waals surface area (Å²) in [6.45, 7) is 1.44. The van der Waals surface area contributed by atoms with Crippen LogP contribution in [0.1, 0.15) is 5.56 Å². The van der Waals surface area contributed by atoms with E-state index in [1.165, 1.54) is 5.56 Å². The second-order valence-electron chi connectivity index (χ2n) is 3.34. The Bertz CT molecular complexity index is 254. The van der Waals surface area contributed by atoms with E-state index < -0.39 is 0 Å². The van der Waals surface area contributed by atoms with E-state index in [-0.39, 0.29) is 5.60 Å². The predicted molar refractivity (Wildman–Crippen MR) is 47.9 cm³/mol. The summed E-state index contributed by atoms with van der Waals surface area (Å²) in [5, 5.41) is 0. The van der Waals surface area contributed by atoms with Crippen LogP contribution in [0.4, 0.5) is 0 Å². The Hall–Kier alpha value is -0.860. The first kappa shape index (κ1) is 7.77. The molecule has 64 valence electrons. The average Bonchev–Trinajstić information content (AvgIpc) is 2.88. The minimum atomic E-state index is -0.0264. The Labute approximate surface area is 72.3 Å². The van der Waals surface area contributed by atoms with E-state index >= 15 is 0 Å². The Balaban J connectivity index is 2.04. The van der Waals surface area contributed by atoms with Gasteiger partial charge in [-0.1, -0.05) is 30.3 Å². The Morgan fingerprint density at radius 1 is 1.33 bits per heavy atom. The fraction of sp³-hybridized carbons (Fsp3) is 0.400. The fourth-order valence-corrected chi connectivity index (χ4v) is 1.36. The molecule has 1 unspecified atom stereocenters. The molecule has 1 aliphatic rings. The molecule has 0 spiro atoms. The molecule has 0 amide bonds. The molecule has 12 heavy (non-hydrogen) atoms. The largest absolute Gasteiger partial charge is 0.368 e. The van der Waals surface area contributed by atoms with Gasteiger partial charge in [0.15, 0.2) is 0 Å². The summed E-state index contributed by atoms with van der Waals surface area (Å²) in [4.78, 5) is 0. The molecular weight excluding hydrogens is 150 g/mol. The first-order valence-electron chi connectivity index (χ1n) is 4.23. The lowest BCUT2D eigenvalue weighted by molar-refractivity contribution is 0.308. The molecule has 1 atom stereocenters. The van der Waals surface area contributed by atoms with Crippen molar-refractivity contribution in [3.05, 3.63) is 35.9 Å². The van der Waals surface area contributed by atoms with Crippen molar-refractivity contribution < 1.29 is 4.74 Å². The maximum atomic E-state index is 5.59. The predicted octanol–water partition coefficient (Wildman–Crippen LogP) is 0.957. The second kappa shape index (κ2) is 2.88. The van der Waals surface area contributed by atoms with E-state index in [1.807, 2.05) is 18.2 Å². The third-order valence-electron chi connectivity index (χ3n) is 2.29. The lowest BCUT2D eigenvalue weighted by atomic mass is 10.0. The molecule has 0 aliphatic carbocycles. The van der Waals surface area contributed by atoms with Crippen LogP contribution >= 0.6 is 0 Å². The van der Waals surface area contributed by atoms with E-state index in [1.54, 1.807) is 0 Å². The quantitative estimate of drug-likeness (QED) is 0.674. The summed E-state index contributed by atoms with van der Waals surface area (Å²) < 4.78 is 5.32. The molecule has 1 aliphatic heterocycles. The molecule has 1 aromatic rings. The summed E-state index contributed by atoms with van der Waals surface area (Å²) >= 11 is 0. The number of hydrogen-bond acceptors (Lipinski definition) is 2. The standard InChI is InChI=1S/C10H13NO/c11-7-10(8-12-10)6-9-4-2-1-3-5-9/h1-5H,6-8,11H2. The number of nitrogens with two attached hydrogens (primary N) is 1. The van der Waals surface area contributed by atoms with Crippen LogP contribution in [0.25, 0.3) is 0 Å². The van der Waals surface area contributed by atoms with Gasteiger partial charge in [0.1, 0.15) is 5.60 Å². The van der Waals surface area contributed by atoms with Crippen LogP contribution in [0, 0.1) is 0 Å². The lowest BCUT2D eigenvalue weighted by Gasteiger charge is -2.07. The zero-order chi connectivity index (χ0) is 8.44. The van der Waals surface area contributed by atoms with Gasteiger partial charge in [-0.25, -0.2) is 0 Å². The zero-order valence-corrected chi connectivity index (χ0v) is 6.99. The molecule has 2 N–H and O–H groups in total. The van der Waals surface area contributed by atoms with Gasteiger partial charge in [0.2, 0.25) is 0 Å². The fourth-order valence-electron chi connectivity index (χ4n) is 1.36. The molecule has 0 saturated carbocycles. The third kappa shape index (κ3) is 1.49. The highest BCUT2D eigenvalue weighted by Crippen LogP contribution is 2.29. The highest BCUT2D eigenvalue weighted by atomic mass is 16.6. The van der Waals surface area contributed by atoms with Gasteiger partial charge in [-0.05, 0) is 5.56 Å². The second-order valence-corrected chi connectivity index (χ2v) is 3.34. The lowest BCUT2D eigenvalue weighted by Crippen LogP contribution is -2.26. The third-order valence-corrected chi connectivity index (χ3v) is 2.29. The van der Waals surface area contributed by atoms with Crippen LogP contribution in [0.3, 0.4) is 0 Å². The van der Waals surface area contributed by atoms with E-state index in [0.717, 1.165) is 13.0 Å². The summed E-state index contributed by atoms with van der Waals surface area (Å²) in [5.41, 5.74) is 6.87. The smallest absolute Gasteiger partial charge is 0.108 e. The molecule has 1 heterocycles. The number of hydrogen-bond donors (Lipinski definition) is 1. The van der Waals surface area contributed by atoms with Gasteiger partial charge in [-0.3, -0.25) is 0 Å². The average molecular weight is 163 g/mol. The highest BCUT2D eigenvalue weighted by molar-refractivity contribution is 5.19. The Kier molecular flexibility index (Phi) is 1.87. The van der Waals surface area contributed by atoms with Crippen molar-refractivity contribution in [3.8, 4) is 0 Å². The summed E-state index contributed by atoms with van der Waals surface area (Å²) in [5.74, 6) is 0. The van der Waals surface area contributed by atoms with Crippen LogP contribution < -0.4 is 5.73 Å². The molecule has 1 saturated heterocycles. The summed E-state index contributed by atoms with van der Waals surface area (Å²) in [6, 6.07) is 10.3. The van der Waals surface area contributed by atoms with E-state index in [9.17, 15) is 0 Å². The van der Waals surface area contributed by atoms with E-state index in [2.05, 4.69) is 12.1 Å². The molecule has 2 nitrogen and oxygen atoms in total. The van der Waals surface area contributed by atoms with Crippen LogP contribution in [0.15, 0.2) is 30.3 Å². The first-order valence-corrected chi connectivity index (χ1v) is 4.23. The van der Waals surface area contributed by atoms with Gasteiger partial charge < -0.3 is 10.5 Å². The SMILES string of the molecule is NCC1(Cc2ccccc2)CO1. The zero-order valence-electron chi connectivity index (χ0n) is 6.99. The van der Waals surface area contributed by atoms with Crippen molar-refractivity contribution >= 4 is 0 Å². The van der Waals surface area contributed by atoms with Gasteiger partial charge in [0.25, 0.3) is 0 Å². The van der Waals surface area contributed by atoms with Gasteiger partial charge in [-0.15, -0.1) is 0 Å². The minimum absolute atomic E-state index is 0.0264. The minimum Gasteiger partial charge on any atom is -0.368 e. The van der Waals surface area contributed by atoms with Crippen LogP contribution in [-0.4, -0.2) is 18.8 Å². The van der Waals surface area contributed by atoms with Gasteiger partial charge in [-0.2, -0.15) is 0 Å². The molecule has 1 aromatic carbocycles. The number of benzene rings is 1. The van der Waals surface area contributed by atoms with Crippen molar-refractivity contribution in [1.82, 2.24) is 0 Å². The van der Waals surface area contributed by atoms with Crippen LogP contribution in [-0.2, 0) is 11.2 Å². The Morgan fingerprint density at radius 3 is 2.50 bits per heavy atom. The number of rotatable bonds is 3. The monoisotopic (exact) mass is 163 g/mol. The number of ether oxygens (including phenoxy) is 1. The number of epoxide rings is 1. The molecule has 2 rings (SSSR count). The molecule has 2 heteroatoms. The van der Waals surface area contributed by atoms with Gasteiger partial charge in [0.05, 0.1) is 6.61 Å². The first-order chi connectivity index (χ1) is 5.85. The maximum absolute atomic E-state index is 5.59. The molecule has 0 aromatic heterocycles. The van der Waals surface area contributed by atoms with E-state index in [0.29, 0.717) is 6.54 Å². The molecule has 1 fully saturated rings. The molecule has 0 radical (unpaired) electrons. The maximum Gasteiger partial charge on any atom is 0.108 e. The van der Waals surface area contributed by atoms with Crippen molar-refractivity contribution in [1.29, 1.82) is 0 Å². The topological polar surface area (TPSA) is 38.5 Å². The highest BCUT2D eigenvalue weighted by Gasteiger charge is 2.42. The van der Waals surface area contributed by atoms with Crippen molar-refractivity contribution in [2.24, 2.45) is 5.73 Å². The normalized spacial score (nSPS) is 27.1. The van der Waals surface area contributed by atoms with Crippen molar-refractivity contribution in [3.63, 3.8) is 0 Å². The molecule has 0 bridgehead atoms. The van der Waals surface area contributed by atoms with Crippen LogP contribution in [0.5, 0.6) is 0 Å². The Morgan fingerprint density at radius 2 is 2.00 bits per heavy atom. The van der Waals surface area contributed by atoms with Crippen molar-refractivity contribution in [2.45, 2.75) is 12.0 Å². The molecular formula is C10H13NO. The van der Waals surface area contributed by atoms with Gasteiger partial charge in [0, 0.05) is 13.0 Å². The summed E-state index contributed by atoms with van der Waals surface area (Å²) in [7, 11) is 0. The van der Waals surface area contributed by atoms with Crippen molar-refractivity contribution in [2.75, 3.05) is 13.2 Å².